The Morgan fingerprint density at radius 3 is 2.71 bits per heavy atom. The topological polar surface area (TPSA) is 74.1 Å². The van der Waals surface area contributed by atoms with Gasteiger partial charge in [-0.3, -0.25) is 9.59 Å². The highest BCUT2D eigenvalue weighted by Gasteiger charge is 2.16. The van der Waals surface area contributed by atoms with Gasteiger partial charge in [0.15, 0.2) is 10.9 Å². The van der Waals surface area contributed by atoms with Gasteiger partial charge in [0.05, 0.1) is 12.4 Å². The van der Waals surface area contributed by atoms with Crippen molar-refractivity contribution in [3.8, 4) is 0 Å². The molecule has 1 aromatic carbocycles. The predicted molar refractivity (Wildman–Crippen MR) is 92.3 cm³/mol. The molecule has 0 radical (unpaired) electrons. The van der Waals surface area contributed by atoms with Crippen LogP contribution in [0, 0.1) is 13.8 Å². The first-order chi connectivity index (χ1) is 11.4. The van der Waals surface area contributed by atoms with Gasteiger partial charge in [0.2, 0.25) is 0 Å². The average Bonchev–Trinajstić information content (AvgIpc) is 2.88. The molecule has 0 aliphatic rings. The van der Waals surface area contributed by atoms with Crippen molar-refractivity contribution in [2.45, 2.75) is 32.3 Å². The number of nitrogens with zero attached hydrogens (tertiary/aromatic N) is 3. The van der Waals surface area contributed by atoms with Crippen molar-refractivity contribution in [2.75, 3.05) is 12.4 Å². The molecule has 0 saturated carbocycles. The van der Waals surface area contributed by atoms with E-state index in [4.69, 9.17) is 4.74 Å². The fraction of sp³-hybridized carbons (Fsp3) is 0.412. The van der Waals surface area contributed by atoms with Crippen LogP contribution in [0.3, 0.4) is 0 Å². The number of carbonyl (C=O) groups is 2. The first-order valence-electron chi connectivity index (χ1n) is 7.69. The molecule has 1 aromatic heterocycles. The standard InChI is InChI=1S/C17H21N3O3S/c1-5-23-16(22)9-15-18-19-17(20(15)4)24-10-14(21)13-8-11(2)6-7-12(13)3/h6-8H,5,9-10H2,1-4H3. The molecule has 0 N–H and O–H groups in total. The second-order valence-corrected chi connectivity index (χ2v) is 6.41. The zero-order valence-electron chi connectivity index (χ0n) is 14.3. The number of benzene rings is 1. The lowest BCUT2D eigenvalue weighted by Gasteiger charge is -2.06. The average molecular weight is 347 g/mol. The van der Waals surface area contributed by atoms with Crippen LogP contribution in [0.15, 0.2) is 23.4 Å². The Balaban J connectivity index is 2.02. The molecule has 0 spiro atoms. The molecule has 128 valence electrons. The maximum atomic E-state index is 12.4. The maximum Gasteiger partial charge on any atom is 0.313 e. The minimum atomic E-state index is -0.337. The van der Waals surface area contributed by atoms with Crippen LogP contribution < -0.4 is 0 Å². The summed E-state index contributed by atoms with van der Waals surface area (Å²) in [6, 6.07) is 5.84. The van der Waals surface area contributed by atoms with Crippen LogP contribution in [0.1, 0.15) is 34.2 Å². The molecule has 6 nitrogen and oxygen atoms in total. The summed E-state index contributed by atoms with van der Waals surface area (Å²) in [5, 5.41) is 8.66. The van der Waals surface area contributed by atoms with E-state index in [1.54, 1.807) is 18.5 Å². The van der Waals surface area contributed by atoms with Crippen LogP contribution in [-0.4, -0.2) is 38.9 Å². The lowest BCUT2D eigenvalue weighted by molar-refractivity contribution is -0.142. The number of Topliss-reactive ketones (excluding diaryl/α,β-unsaturated/α-hetero) is 1. The number of aromatic nitrogens is 3. The second-order valence-electron chi connectivity index (χ2n) is 5.47. The molecule has 24 heavy (non-hydrogen) atoms. The van der Waals surface area contributed by atoms with Gasteiger partial charge in [-0.2, -0.15) is 0 Å². The van der Waals surface area contributed by atoms with Gasteiger partial charge in [-0.1, -0.05) is 29.5 Å². The minimum Gasteiger partial charge on any atom is -0.466 e. The number of hydrogen-bond donors (Lipinski definition) is 0. The van der Waals surface area contributed by atoms with Gasteiger partial charge >= 0.3 is 5.97 Å². The lowest BCUT2D eigenvalue weighted by Crippen LogP contribution is -2.12. The van der Waals surface area contributed by atoms with Crippen LogP contribution in [0.5, 0.6) is 0 Å². The smallest absolute Gasteiger partial charge is 0.313 e. The zero-order valence-corrected chi connectivity index (χ0v) is 15.1. The molecule has 0 amide bonds. The Hall–Kier alpha value is -2.15. The Kier molecular flexibility index (Phi) is 6.14. The molecular weight excluding hydrogens is 326 g/mol. The molecule has 2 rings (SSSR count). The van der Waals surface area contributed by atoms with Crippen LogP contribution in [-0.2, 0) is 23.0 Å². The van der Waals surface area contributed by atoms with E-state index >= 15 is 0 Å². The monoisotopic (exact) mass is 347 g/mol. The van der Waals surface area contributed by atoms with Gasteiger partial charge in [-0.25, -0.2) is 0 Å². The fourth-order valence-electron chi connectivity index (χ4n) is 2.21. The quantitative estimate of drug-likeness (QED) is 0.435. The molecule has 2 aromatic rings. The van der Waals surface area contributed by atoms with Crippen molar-refractivity contribution in [2.24, 2.45) is 7.05 Å². The Morgan fingerprint density at radius 2 is 2.00 bits per heavy atom. The summed E-state index contributed by atoms with van der Waals surface area (Å²) < 4.78 is 6.63. The van der Waals surface area contributed by atoms with Gasteiger partial charge in [-0.05, 0) is 32.4 Å². The molecule has 0 fully saturated rings. The van der Waals surface area contributed by atoms with Gasteiger partial charge in [0, 0.05) is 12.6 Å². The Labute approximate surface area is 145 Å². The summed E-state index contributed by atoms with van der Waals surface area (Å²) in [7, 11) is 1.78. The number of esters is 1. The van der Waals surface area contributed by atoms with Crippen molar-refractivity contribution in [3.05, 3.63) is 40.7 Å². The highest BCUT2D eigenvalue weighted by Crippen LogP contribution is 2.19. The van der Waals surface area contributed by atoms with E-state index in [0.29, 0.717) is 17.6 Å². The van der Waals surface area contributed by atoms with E-state index in [-0.39, 0.29) is 23.9 Å². The Bertz CT molecular complexity index is 756. The second kappa shape index (κ2) is 8.10. The molecule has 0 aliphatic heterocycles. The van der Waals surface area contributed by atoms with Gasteiger partial charge in [-0.15, -0.1) is 10.2 Å². The van der Waals surface area contributed by atoms with Crippen molar-refractivity contribution >= 4 is 23.5 Å². The summed E-state index contributed by atoms with van der Waals surface area (Å²) in [4.78, 5) is 23.9. The lowest BCUT2D eigenvalue weighted by atomic mass is 10.0. The summed E-state index contributed by atoms with van der Waals surface area (Å²) >= 11 is 1.31. The largest absolute Gasteiger partial charge is 0.466 e. The fourth-order valence-corrected chi connectivity index (χ4v) is 3.02. The normalized spacial score (nSPS) is 10.7. The minimum absolute atomic E-state index is 0.0520. The maximum absolute atomic E-state index is 12.4. The summed E-state index contributed by atoms with van der Waals surface area (Å²) in [6.45, 7) is 5.99. The summed E-state index contributed by atoms with van der Waals surface area (Å²) in [5.74, 6) is 0.512. The van der Waals surface area contributed by atoms with Crippen molar-refractivity contribution in [1.82, 2.24) is 14.8 Å². The SMILES string of the molecule is CCOC(=O)Cc1nnc(SCC(=O)c2cc(C)ccc2C)n1C. The van der Waals surface area contributed by atoms with Crippen LogP contribution in [0.25, 0.3) is 0 Å². The highest BCUT2D eigenvalue weighted by atomic mass is 32.2. The van der Waals surface area contributed by atoms with Crippen LogP contribution in [0.4, 0.5) is 0 Å². The summed E-state index contributed by atoms with van der Waals surface area (Å²) in [5.41, 5.74) is 2.76. The first kappa shape index (κ1) is 18.2. The van der Waals surface area contributed by atoms with E-state index in [2.05, 4.69) is 10.2 Å². The van der Waals surface area contributed by atoms with Crippen molar-refractivity contribution < 1.29 is 14.3 Å². The highest BCUT2D eigenvalue weighted by molar-refractivity contribution is 7.99. The van der Waals surface area contributed by atoms with E-state index in [1.807, 2.05) is 32.0 Å². The molecule has 0 aliphatic carbocycles. The summed E-state index contributed by atoms with van der Waals surface area (Å²) in [6.07, 6.45) is 0.0723. The number of thioether (sulfide) groups is 1. The predicted octanol–water partition coefficient (Wildman–Crippen LogP) is 2.51. The number of ether oxygens (including phenoxy) is 1. The number of hydrogen-bond acceptors (Lipinski definition) is 6. The van der Waals surface area contributed by atoms with E-state index in [1.165, 1.54) is 11.8 Å². The zero-order chi connectivity index (χ0) is 17.7. The van der Waals surface area contributed by atoms with Gasteiger partial charge in [0.1, 0.15) is 12.2 Å². The van der Waals surface area contributed by atoms with Crippen molar-refractivity contribution in [1.29, 1.82) is 0 Å². The number of carbonyl (C=O) groups excluding carboxylic acids is 2. The number of rotatable bonds is 7. The molecule has 0 unspecified atom stereocenters. The van der Waals surface area contributed by atoms with E-state index < -0.39 is 0 Å². The van der Waals surface area contributed by atoms with Gasteiger partial charge in [0.25, 0.3) is 0 Å². The third-order valence-electron chi connectivity index (χ3n) is 3.56. The number of aryl methyl sites for hydroxylation is 2. The van der Waals surface area contributed by atoms with E-state index in [9.17, 15) is 9.59 Å². The van der Waals surface area contributed by atoms with Crippen LogP contribution >= 0.6 is 11.8 Å². The third kappa shape index (κ3) is 4.44. The molecular formula is C17H21N3O3S. The van der Waals surface area contributed by atoms with E-state index in [0.717, 1.165) is 16.7 Å². The molecule has 0 bridgehead atoms. The molecule has 0 saturated heterocycles. The molecule has 0 atom stereocenters. The third-order valence-corrected chi connectivity index (χ3v) is 4.58. The molecule has 7 heteroatoms. The van der Waals surface area contributed by atoms with Gasteiger partial charge < -0.3 is 9.30 Å². The van der Waals surface area contributed by atoms with Crippen LogP contribution in [0.2, 0.25) is 0 Å². The molecule has 1 heterocycles. The first-order valence-corrected chi connectivity index (χ1v) is 8.68. The number of ketones is 1. The van der Waals surface area contributed by atoms with Crippen molar-refractivity contribution in [3.63, 3.8) is 0 Å². The Morgan fingerprint density at radius 1 is 1.25 bits per heavy atom.